The average molecular weight is 519 g/mol. The van der Waals surface area contributed by atoms with E-state index in [1.807, 2.05) is 30.3 Å². The normalized spacial score (nSPS) is 18.4. The summed E-state index contributed by atoms with van der Waals surface area (Å²) in [5, 5.41) is 2.85. The molecule has 4 heterocycles. The van der Waals surface area contributed by atoms with E-state index in [-0.39, 0.29) is 11.7 Å². The van der Waals surface area contributed by atoms with Crippen LogP contribution in [0.1, 0.15) is 34.3 Å². The molecule has 0 saturated carbocycles. The molecule has 1 spiro atoms. The Kier molecular flexibility index (Phi) is 6.51. The van der Waals surface area contributed by atoms with Gasteiger partial charge in [-0.1, -0.05) is 18.2 Å². The first kappa shape index (κ1) is 24.8. The van der Waals surface area contributed by atoms with Gasteiger partial charge in [-0.3, -0.25) is 4.79 Å². The molecule has 3 N–H and O–H groups in total. The van der Waals surface area contributed by atoms with E-state index in [4.69, 9.17) is 19.9 Å². The maximum atomic E-state index is 15.1. The van der Waals surface area contributed by atoms with Crippen molar-refractivity contribution in [2.24, 2.45) is 0 Å². The highest BCUT2D eigenvalue weighted by Crippen LogP contribution is 2.40. The van der Waals surface area contributed by atoms with Gasteiger partial charge in [0.15, 0.2) is 0 Å². The van der Waals surface area contributed by atoms with E-state index in [2.05, 4.69) is 15.2 Å². The summed E-state index contributed by atoms with van der Waals surface area (Å²) in [4.78, 5) is 18.5. The zero-order chi connectivity index (χ0) is 26.3. The Bertz CT molecular complexity index is 1390. The van der Waals surface area contributed by atoms with Gasteiger partial charge in [-0.05, 0) is 47.4 Å². The maximum absolute atomic E-state index is 15.1. The highest BCUT2D eigenvalue weighted by atomic mass is 19.1. The number of amides is 1. The van der Waals surface area contributed by atoms with Crippen LogP contribution in [0, 0.1) is 5.95 Å². The minimum Gasteiger partial charge on any atom is -0.462 e. The fourth-order valence-corrected chi connectivity index (χ4v) is 5.52. The van der Waals surface area contributed by atoms with Crippen LogP contribution in [0.25, 0.3) is 22.3 Å². The summed E-state index contributed by atoms with van der Waals surface area (Å²) < 4.78 is 32.9. The molecule has 1 fully saturated rings. The van der Waals surface area contributed by atoms with Crippen molar-refractivity contribution in [2.75, 3.05) is 45.6 Å². The van der Waals surface area contributed by atoms with Gasteiger partial charge >= 0.3 is 0 Å². The molecule has 38 heavy (non-hydrogen) atoms. The average Bonchev–Trinajstić information content (AvgIpc) is 2.93. The molecule has 1 saturated heterocycles. The number of fused-ring (bicyclic) bond motifs is 2. The largest absolute Gasteiger partial charge is 0.462 e. The van der Waals surface area contributed by atoms with E-state index in [9.17, 15) is 4.79 Å². The number of hydrogen-bond donors (Lipinski definition) is 2. The second kappa shape index (κ2) is 9.98. The number of piperidine rings is 1. The number of nitrogens with zero attached hydrogens (tertiary/aromatic N) is 2. The van der Waals surface area contributed by atoms with Crippen molar-refractivity contribution >= 4 is 11.7 Å². The molecular formula is C29H31FN4O4. The first-order valence-electron chi connectivity index (χ1n) is 13.0. The van der Waals surface area contributed by atoms with Crippen LogP contribution in [0.4, 0.5) is 10.2 Å². The van der Waals surface area contributed by atoms with Gasteiger partial charge in [0.2, 0.25) is 11.7 Å². The Morgan fingerprint density at radius 3 is 2.66 bits per heavy atom. The van der Waals surface area contributed by atoms with E-state index >= 15 is 4.39 Å². The second-order valence-corrected chi connectivity index (χ2v) is 10.1. The molecule has 198 valence electrons. The molecule has 3 aliphatic heterocycles. The monoisotopic (exact) mass is 518 g/mol. The van der Waals surface area contributed by atoms with Crippen LogP contribution in [0.15, 0.2) is 42.5 Å². The highest BCUT2D eigenvalue weighted by molar-refractivity contribution is 5.97. The van der Waals surface area contributed by atoms with Crippen molar-refractivity contribution in [3.05, 3.63) is 65.1 Å². The van der Waals surface area contributed by atoms with E-state index in [0.717, 1.165) is 61.3 Å². The van der Waals surface area contributed by atoms with Crippen LogP contribution in [-0.4, -0.2) is 61.5 Å². The minimum atomic E-state index is -0.638. The fraction of sp³-hybridized carbons (Fsp3) is 0.379. The van der Waals surface area contributed by atoms with E-state index < -0.39 is 11.7 Å². The first-order valence-corrected chi connectivity index (χ1v) is 13.0. The lowest BCUT2D eigenvalue weighted by atomic mass is 9.93. The smallest absolute Gasteiger partial charge is 0.251 e. The summed E-state index contributed by atoms with van der Waals surface area (Å²) in [6.07, 6.45) is 2.29. The third-order valence-electron chi connectivity index (χ3n) is 7.73. The Labute approximate surface area is 220 Å². The summed E-state index contributed by atoms with van der Waals surface area (Å²) >= 11 is 0. The van der Waals surface area contributed by atoms with E-state index in [1.54, 1.807) is 19.2 Å². The number of likely N-dealkylation sites (tertiary alicyclic amines) is 1. The van der Waals surface area contributed by atoms with Gasteiger partial charge in [0.25, 0.3) is 5.91 Å². The van der Waals surface area contributed by atoms with Gasteiger partial charge in [-0.15, -0.1) is 0 Å². The molecule has 3 aromatic rings. The van der Waals surface area contributed by atoms with Crippen molar-refractivity contribution in [3.8, 4) is 28.0 Å². The minimum absolute atomic E-state index is 0.0828. The number of aromatic nitrogens is 1. The van der Waals surface area contributed by atoms with Crippen molar-refractivity contribution in [1.82, 2.24) is 15.2 Å². The maximum Gasteiger partial charge on any atom is 0.251 e. The van der Waals surface area contributed by atoms with Gasteiger partial charge in [-0.2, -0.15) is 4.39 Å². The van der Waals surface area contributed by atoms with Crippen LogP contribution in [0.5, 0.6) is 5.75 Å². The molecule has 2 aromatic carbocycles. The molecular weight excluding hydrogens is 487 g/mol. The highest BCUT2D eigenvalue weighted by Gasteiger charge is 2.40. The van der Waals surface area contributed by atoms with Crippen LogP contribution in [0.2, 0.25) is 0 Å². The number of hydrogen-bond acceptors (Lipinski definition) is 7. The summed E-state index contributed by atoms with van der Waals surface area (Å²) in [5.41, 5.74) is 11.1. The number of halogens is 1. The van der Waals surface area contributed by atoms with Crippen molar-refractivity contribution < 1.29 is 23.4 Å². The van der Waals surface area contributed by atoms with Gasteiger partial charge in [0, 0.05) is 68.4 Å². The van der Waals surface area contributed by atoms with Gasteiger partial charge in [0.1, 0.15) is 11.6 Å². The predicted octanol–water partition coefficient (Wildman–Crippen LogP) is 3.77. The number of carbonyl (C=O) groups excluding carboxylic acids is 1. The van der Waals surface area contributed by atoms with Gasteiger partial charge in [-0.25, -0.2) is 4.98 Å². The molecule has 9 heteroatoms. The van der Waals surface area contributed by atoms with Crippen molar-refractivity contribution in [2.45, 2.75) is 31.7 Å². The number of carbonyl (C=O) groups is 1. The van der Waals surface area contributed by atoms with E-state index in [1.165, 1.54) is 0 Å². The van der Waals surface area contributed by atoms with Crippen molar-refractivity contribution in [1.29, 1.82) is 0 Å². The topological polar surface area (TPSA) is 98.9 Å². The SMILES string of the molecule is COCCN1CCC2(CC1)OCc1cc(-c3cc(-c4ccc5c(c4)CCNC5=O)c(N)nc3F)ccc1O2. The Hall–Kier alpha value is -3.53. The Morgan fingerprint density at radius 2 is 1.84 bits per heavy atom. The molecule has 1 amide bonds. The molecule has 3 aliphatic rings. The predicted molar refractivity (Wildman–Crippen MR) is 141 cm³/mol. The zero-order valence-electron chi connectivity index (χ0n) is 21.4. The Balaban J connectivity index is 1.25. The number of nitrogens with two attached hydrogens (primary N) is 1. The Morgan fingerprint density at radius 1 is 1.08 bits per heavy atom. The molecule has 1 aromatic heterocycles. The standard InChI is InChI=1S/C29H31FN4O4/c1-36-13-12-34-10-7-29(8-11-34)37-17-21-15-18(3-5-25(21)38-29)23-16-24(27(31)33-26(23)30)19-2-4-22-20(14-19)6-9-32-28(22)35/h2-5,14-16H,6-13,17H2,1H3,(H2,31,33)(H,32,35). The van der Waals surface area contributed by atoms with Crippen molar-refractivity contribution in [3.63, 3.8) is 0 Å². The molecule has 6 rings (SSSR count). The molecule has 8 nitrogen and oxygen atoms in total. The number of nitrogens with one attached hydrogen (secondary N) is 1. The molecule has 0 aliphatic carbocycles. The lowest BCUT2D eigenvalue weighted by Gasteiger charge is -2.44. The van der Waals surface area contributed by atoms with Crippen LogP contribution in [-0.2, 0) is 22.5 Å². The van der Waals surface area contributed by atoms with Gasteiger partial charge < -0.3 is 30.2 Å². The lowest BCUT2D eigenvalue weighted by molar-refractivity contribution is -0.228. The lowest BCUT2D eigenvalue weighted by Crippen LogP contribution is -2.51. The summed E-state index contributed by atoms with van der Waals surface area (Å²) in [7, 11) is 1.71. The molecule has 0 unspecified atom stereocenters. The number of pyridine rings is 1. The summed E-state index contributed by atoms with van der Waals surface area (Å²) in [6, 6.07) is 12.9. The number of methoxy groups -OCH3 is 1. The third kappa shape index (κ3) is 4.62. The number of anilines is 1. The van der Waals surface area contributed by atoms with Crippen LogP contribution < -0.4 is 15.8 Å². The van der Waals surface area contributed by atoms with Crippen LogP contribution >= 0.6 is 0 Å². The van der Waals surface area contributed by atoms with Crippen LogP contribution in [0.3, 0.4) is 0 Å². The number of rotatable bonds is 5. The summed E-state index contributed by atoms with van der Waals surface area (Å²) in [5.74, 6) is -0.471. The summed E-state index contributed by atoms with van der Waals surface area (Å²) in [6.45, 7) is 4.36. The molecule has 0 radical (unpaired) electrons. The second-order valence-electron chi connectivity index (χ2n) is 10.1. The molecule has 0 bridgehead atoms. The quantitative estimate of drug-likeness (QED) is 0.496. The molecule has 0 atom stereocenters. The fourth-order valence-electron chi connectivity index (χ4n) is 5.52. The third-order valence-corrected chi connectivity index (χ3v) is 7.73. The zero-order valence-corrected chi connectivity index (χ0v) is 21.4. The number of ether oxygens (including phenoxy) is 3. The van der Waals surface area contributed by atoms with E-state index in [0.29, 0.717) is 42.0 Å². The number of nitrogen functional groups attached to an aromatic ring is 1. The van der Waals surface area contributed by atoms with Gasteiger partial charge in [0.05, 0.1) is 13.2 Å². The first-order chi connectivity index (χ1) is 18.4. The number of benzene rings is 2.